The van der Waals surface area contributed by atoms with Gasteiger partial charge in [0.15, 0.2) is 0 Å². The molecule has 0 saturated carbocycles. The highest BCUT2D eigenvalue weighted by Gasteiger charge is 2.01. The Morgan fingerprint density at radius 1 is 1.54 bits per heavy atom. The van der Waals surface area contributed by atoms with E-state index in [2.05, 4.69) is 4.98 Å². The average Bonchev–Trinajstić information content (AvgIpc) is 2.62. The third kappa shape index (κ3) is 1.48. The molecule has 0 saturated heterocycles. The van der Waals surface area contributed by atoms with E-state index in [1.807, 2.05) is 5.38 Å². The molecule has 2 aromatic rings. The molecule has 0 N–H and O–H groups in total. The summed E-state index contributed by atoms with van der Waals surface area (Å²) in [5.74, 6) is 0. The fourth-order valence-electron chi connectivity index (χ4n) is 0.994. The minimum atomic E-state index is 0.275. The molecule has 66 valence electrons. The molecule has 2 aromatic heterocycles. The van der Waals surface area contributed by atoms with Gasteiger partial charge in [-0.15, -0.1) is 11.3 Å². The monoisotopic (exact) mass is 209 g/mol. The van der Waals surface area contributed by atoms with E-state index in [0.29, 0.717) is 4.73 Å². The lowest BCUT2D eigenvalue weighted by molar-refractivity contribution is 1.04. The number of thiazole rings is 1. The van der Waals surface area contributed by atoms with Crippen LogP contribution in [0.15, 0.2) is 29.9 Å². The Kier molecular flexibility index (Phi) is 2.12. The third-order valence-electron chi connectivity index (χ3n) is 1.58. The predicted octanol–water partition coefficient (Wildman–Crippen LogP) is 2.69. The molecule has 0 aliphatic heterocycles. The van der Waals surface area contributed by atoms with E-state index in [1.165, 1.54) is 17.5 Å². The van der Waals surface area contributed by atoms with Crippen LogP contribution in [0.25, 0.3) is 10.6 Å². The molecule has 0 aliphatic rings. The number of pyridine rings is 1. The molecule has 0 fully saturated rings. The average molecular weight is 209 g/mol. The van der Waals surface area contributed by atoms with Gasteiger partial charge in [-0.05, 0) is 18.3 Å². The van der Waals surface area contributed by atoms with Gasteiger partial charge in [0.1, 0.15) is 9.65 Å². The van der Waals surface area contributed by atoms with Gasteiger partial charge in [0.05, 0.1) is 0 Å². The zero-order valence-corrected chi connectivity index (χ0v) is 8.14. The van der Waals surface area contributed by atoms with Crippen LogP contribution in [0.2, 0.25) is 0 Å². The van der Waals surface area contributed by atoms with Crippen LogP contribution in [-0.4, -0.2) is 9.71 Å². The molecule has 0 atom stereocenters. The second-order valence-electron chi connectivity index (χ2n) is 2.39. The zero-order valence-electron chi connectivity index (χ0n) is 6.51. The van der Waals surface area contributed by atoms with E-state index in [4.69, 9.17) is 12.2 Å². The second-order valence-corrected chi connectivity index (χ2v) is 3.67. The highest BCUT2D eigenvalue weighted by atomic mass is 32.1. The van der Waals surface area contributed by atoms with Gasteiger partial charge < -0.3 is 9.94 Å². The number of aromatic nitrogens is 2. The number of nitrogens with zero attached hydrogens (tertiary/aromatic N) is 2. The highest BCUT2D eigenvalue weighted by molar-refractivity contribution is 7.71. The SMILES string of the molecule is [O-]n1cccc(-c2nccs2)c1=S. The van der Waals surface area contributed by atoms with E-state index < -0.39 is 0 Å². The van der Waals surface area contributed by atoms with Gasteiger partial charge in [0, 0.05) is 17.1 Å². The van der Waals surface area contributed by atoms with Gasteiger partial charge in [0.2, 0.25) is 0 Å². The molecule has 0 amide bonds. The van der Waals surface area contributed by atoms with Gasteiger partial charge >= 0.3 is 0 Å². The third-order valence-corrected chi connectivity index (χ3v) is 2.78. The van der Waals surface area contributed by atoms with Gasteiger partial charge in [-0.3, -0.25) is 0 Å². The van der Waals surface area contributed by atoms with Crippen molar-refractivity contribution >= 4 is 23.6 Å². The number of hydrogen-bond acceptors (Lipinski definition) is 4. The molecular weight excluding hydrogens is 204 g/mol. The lowest BCUT2D eigenvalue weighted by Crippen LogP contribution is -1.90. The van der Waals surface area contributed by atoms with Crippen molar-refractivity contribution in [3.8, 4) is 10.6 Å². The maximum atomic E-state index is 11.1. The zero-order chi connectivity index (χ0) is 9.26. The van der Waals surface area contributed by atoms with Crippen LogP contribution in [0.4, 0.5) is 0 Å². The van der Waals surface area contributed by atoms with Crippen LogP contribution in [0.1, 0.15) is 0 Å². The Hall–Kier alpha value is -1.20. The molecular formula is C8H5N2OS2-. The fraction of sp³-hybridized carbons (Fsp3) is 0. The van der Waals surface area contributed by atoms with Crippen LogP contribution in [0.3, 0.4) is 0 Å². The highest BCUT2D eigenvalue weighted by Crippen LogP contribution is 2.22. The van der Waals surface area contributed by atoms with Crippen molar-refractivity contribution in [1.82, 2.24) is 9.71 Å². The first kappa shape index (κ1) is 8.40. The van der Waals surface area contributed by atoms with Crippen molar-refractivity contribution in [2.75, 3.05) is 0 Å². The largest absolute Gasteiger partial charge is 0.805 e. The smallest absolute Gasteiger partial charge is 0.126 e. The summed E-state index contributed by atoms with van der Waals surface area (Å²) in [6.07, 6.45) is 3.08. The Morgan fingerprint density at radius 2 is 2.38 bits per heavy atom. The summed E-state index contributed by atoms with van der Waals surface area (Å²) in [5.41, 5.74) is 0.725. The quantitative estimate of drug-likeness (QED) is 0.678. The van der Waals surface area contributed by atoms with Gasteiger partial charge in [-0.1, -0.05) is 12.2 Å². The maximum absolute atomic E-state index is 11.1. The summed E-state index contributed by atoms with van der Waals surface area (Å²) in [5, 5.41) is 13.8. The molecule has 0 spiro atoms. The summed E-state index contributed by atoms with van der Waals surface area (Å²) in [4.78, 5) is 4.09. The lowest BCUT2D eigenvalue weighted by Gasteiger charge is -2.10. The molecule has 2 rings (SSSR count). The molecule has 5 heteroatoms. The summed E-state index contributed by atoms with van der Waals surface area (Å²) >= 11 is 6.43. The lowest BCUT2D eigenvalue weighted by atomic mass is 10.3. The van der Waals surface area contributed by atoms with Crippen molar-refractivity contribution in [2.45, 2.75) is 0 Å². The standard InChI is InChI=1S/C8H5N2OS2/c11-10-4-1-2-6(8(10)12)7-9-3-5-13-7/h1-5H/q-1. The molecule has 13 heavy (non-hydrogen) atoms. The topological polar surface area (TPSA) is 40.9 Å². The van der Waals surface area contributed by atoms with Crippen LogP contribution in [0, 0.1) is 9.85 Å². The predicted molar refractivity (Wildman–Crippen MR) is 55.1 cm³/mol. The van der Waals surface area contributed by atoms with Crippen LogP contribution in [-0.2, 0) is 0 Å². The van der Waals surface area contributed by atoms with Crippen LogP contribution in [0.5, 0.6) is 0 Å². The van der Waals surface area contributed by atoms with Crippen molar-refractivity contribution in [3.63, 3.8) is 0 Å². The van der Waals surface area contributed by atoms with E-state index >= 15 is 0 Å². The summed E-state index contributed by atoms with van der Waals surface area (Å²) in [6, 6.07) is 3.47. The Balaban J connectivity index is 2.66. The molecule has 0 unspecified atom stereocenters. The second kappa shape index (κ2) is 3.27. The minimum Gasteiger partial charge on any atom is -0.805 e. The molecule has 2 heterocycles. The van der Waals surface area contributed by atoms with Crippen LogP contribution >= 0.6 is 23.6 Å². The fourth-order valence-corrected chi connectivity index (χ4v) is 1.95. The van der Waals surface area contributed by atoms with Gasteiger partial charge in [-0.25, -0.2) is 4.98 Å². The minimum absolute atomic E-state index is 0.275. The van der Waals surface area contributed by atoms with Gasteiger partial charge in [-0.2, -0.15) is 0 Å². The van der Waals surface area contributed by atoms with Crippen molar-refractivity contribution in [3.05, 3.63) is 39.8 Å². The normalized spacial score (nSPS) is 10.2. The van der Waals surface area contributed by atoms with E-state index in [-0.39, 0.29) is 4.64 Å². The van der Waals surface area contributed by atoms with E-state index in [1.54, 1.807) is 18.3 Å². The molecule has 0 bridgehead atoms. The maximum Gasteiger partial charge on any atom is 0.126 e. The first-order chi connectivity index (χ1) is 6.29. The van der Waals surface area contributed by atoms with Gasteiger partial charge in [0.25, 0.3) is 0 Å². The first-order valence-corrected chi connectivity index (χ1v) is 4.87. The summed E-state index contributed by atoms with van der Waals surface area (Å²) < 4.78 is 0.948. The van der Waals surface area contributed by atoms with Crippen molar-refractivity contribution < 1.29 is 0 Å². The van der Waals surface area contributed by atoms with E-state index in [9.17, 15) is 5.21 Å². The molecule has 0 aromatic carbocycles. The number of rotatable bonds is 1. The first-order valence-electron chi connectivity index (χ1n) is 3.58. The van der Waals surface area contributed by atoms with E-state index in [0.717, 1.165) is 10.6 Å². The molecule has 0 aliphatic carbocycles. The Morgan fingerprint density at radius 3 is 3.08 bits per heavy atom. The van der Waals surface area contributed by atoms with Crippen molar-refractivity contribution in [2.24, 2.45) is 0 Å². The Bertz CT molecular complexity index is 461. The van der Waals surface area contributed by atoms with Crippen molar-refractivity contribution in [1.29, 1.82) is 0 Å². The molecule has 3 nitrogen and oxygen atoms in total. The summed E-state index contributed by atoms with van der Waals surface area (Å²) in [7, 11) is 0. The summed E-state index contributed by atoms with van der Waals surface area (Å²) in [6.45, 7) is 0. The molecule has 0 radical (unpaired) electrons. The van der Waals surface area contributed by atoms with Crippen LogP contribution < -0.4 is 0 Å². The Labute approximate surface area is 83.9 Å². The number of hydrogen-bond donors (Lipinski definition) is 0.